The summed E-state index contributed by atoms with van der Waals surface area (Å²) in [6.07, 6.45) is 0. The Morgan fingerprint density at radius 3 is 0.333 bits per heavy atom. The van der Waals surface area contributed by atoms with Crippen LogP contribution in [0.4, 0.5) is 0 Å². The fourth-order valence-corrected chi connectivity index (χ4v) is 0. The van der Waals surface area contributed by atoms with Crippen molar-refractivity contribution in [3.05, 3.63) is 0 Å². The Hall–Kier alpha value is 3.44. The van der Waals surface area contributed by atoms with E-state index in [-0.39, 0.29) is 113 Å². The predicted molar refractivity (Wildman–Crippen MR) is 6.73 cm³/mol. The summed E-state index contributed by atoms with van der Waals surface area (Å²) < 4.78 is 0. The van der Waals surface area contributed by atoms with E-state index in [0.717, 1.165) is 0 Å². The Morgan fingerprint density at radius 2 is 0.333 bits per heavy atom. The quantitative estimate of drug-likeness (QED) is 0.335. The molecular weight excluding hydrogens is 931 g/mol. The second-order valence-corrected chi connectivity index (χ2v) is 0. The van der Waals surface area contributed by atoms with Crippen LogP contribution in [0.5, 0.6) is 0 Å². The van der Waals surface area contributed by atoms with Crippen molar-refractivity contribution in [2.24, 2.45) is 0 Å². The average Bonchev–Trinajstić information content (AvgIpc) is 0. The summed E-state index contributed by atoms with van der Waals surface area (Å²) in [7, 11) is 0. The molecule has 6 heavy (non-hydrogen) atoms. The first-order valence-corrected chi connectivity index (χ1v) is 0. The van der Waals surface area contributed by atoms with Crippen molar-refractivity contribution in [3.63, 3.8) is 0 Å². The molecule has 0 bridgehead atoms. The van der Waals surface area contributed by atoms with Crippen LogP contribution in [-0.4, -0.2) is 0 Å². The second-order valence-electron chi connectivity index (χ2n) is 0. The van der Waals surface area contributed by atoms with Gasteiger partial charge >= 0.3 is 0 Å². The van der Waals surface area contributed by atoms with Crippen LogP contribution in [0.1, 0.15) is 7.43 Å². The van der Waals surface area contributed by atoms with Crippen molar-refractivity contribution in [1.29, 1.82) is 0 Å². The molecule has 0 aliphatic heterocycles. The molecule has 0 amide bonds. The third kappa shape index (κ3) is 26.1. The SMILES string of the molecule is C.[W].[W].[W].[W].[W]. The zero-order valence-electron chi connectivity index (χ0n) is 2.04. The molecule has 5 heteroatoms. The summed E-state index contributed by atoms with van der Waals surface area (Å²) in [5.41, 5.74) is 0. The Morgan fingerprint density at radius 1 is 0.333 bits per heavy atom. The average molecular weight is 935 g/mol. The molecule has 0 spiro atoms. The number of rotatable bonds is 0. The third-order valence-corrected chi connectivity index (χ3v) is 0. The van der Waals surface area contributed by atoms with Crippen molar-refractivity contribution in [1.82, 2.24) is 0 Å². The Labute approximate surface area is 111 Å². The van der Waals surface area contributed by atoms with Gasteiger partial charge in [0.1, 0.15) is 0 Å². The van der Waals surface area contributed by atoms with Crippen molar-refractivity contribution in [2.75, 3.05) is 0 Å². The summed E-state index contributed by atoms with van der Waals surface area (Å²) in [5.74, 6) is 0. The molecule has 38 valence electrons. The molecule has 0 atom stereocenters. The maximum absolute atomic E-state index is 0. The van der Waals surface area contributed by atoms with Crippen molar-refractivity contribution < 1.29 is 105 Å². The minimum atomic E-state index is 0. The Bertz CT molecular complexity index is 3.90. The standard InChI is InChI=1S/CH4.5W/h1H4;;;;;. The van der Waals surface area contributed by atoms with Gasteiger partial charge in [-0.25, -0.2) is 0 Å². The fraction of sp³-hybridized carbons (Fsp3) is 1.00. The van der Waals surface area contributed by atoms with E-state index in [0.29, 0.717) is 0 Å². The second kappa shape index (κ2) is 39.5. The normalized spacial score (nSPS) is 0. The molecule has 0 heterocycles. The molecule has 0 aliphatic carbocycles. The fourth-order valence-electron chi connectivity index (χ4n) is 0. The summed E-state index contributed by atoms with van der Waals surface area (Å²) in [5, 5.41) is 0. The summed E-state index contributed by atoms with van der Waals surface area (Å²) in [4.78, 5) is 0. The van der Waals surface area contributed by atoms with E-state index in [1.54, 1.807) is 0 Å². The molecule has 0 unspecified atom stereocenters. The molecule has 0 saturated carbocycles. The topological polar surface area (TPSA) is 0 Å². The smallest absolute Gasteiger partial charge is 0 e. The van der Waals surface area contributed by atoms with E-state index in [1.165, 1.54) is 0 Å². The molecule has 0 saturated heterocycles. The van der Waals surface area contributed by atoms with Gasteiger partial charge in [0.2, 0.25) is 0 Å². The van der Waals surface area contributed by atoms with Crippen LogP contribution in [0.2, 0.25) is 0 Å². The van der Waals surface area contributed by atoms with Gasteiger partial charge in [0.05, 0.1) is 0 Å². The third-order valence-electron chi connectivity index (χ3n) is 0. The van der Waals surface area contributed by atoms with Gasteiger partial charge in [-0.05, 0) is 0 Å². The van der Waals surface area contributed by atoms with Crippen molar-refractivity contribution in [2.45, 2.75) is 7.43 Å². The van der Waals surface area contributed by atoms with Crippen LogP contribution in [0, 0.1) is 0 Å². The Balaban J connectivity index is 0. The maximum atomic E-state index is 0. The van der Waals surface area contributed by atoms with Crippen LogP contribution >= 0.6 is 0 Å². The molecular formula is CH4W5. The summed E-state index contributed by atoms with van der Waals surface area (Å²) in [6.45, 7) is 0. The first-order valence-electron chi connectivity index (χ1n) is 0. The molecule has 0 rings (SSSR count). The molecule has 0 aliphatic rings. The minimum Gasteiger partial charge on any atom is -0.0776 e. The molecule has 0 radical (unpaired) electrons. The Kier molecular flexibility index (Phi) is 374. The monoisotopic (exact) mass is 936 g/mol. The van der Waals surface area contributed by atoms with Crippen molar-refractivity contribution >= 4 is 0 Å². The largest absolute Gasteiger partial charge is 0.0776 e. The summed E-state index contributed by atoms with van der Waals surface area (Å²) in [6, 6.07) is 0. The van der Waals surface area contributed by atoms with E-state index < -0.39 is 0 Å². The summed E-state index contributed by atoms with van der Waals surface area (Å²) >= 11 is 0. The van der Waals surface area contributed by atoms with E-state index in [1.807, 2.05) is 0 Å². The van der Waals surface area contributed by atoms with Gasteiger partial charge in [-0.15, -0.1) is 0 Å². The predicted octanol–water partition coefficient (Wildman–Crippen LogP) is 0.624. The van der Waals surface area contributed by atoms with Crippen LogP contribution in [0.25, 0.3) is 0 Å². The maximum Gasteiger partial charge on any atom is 0 e. The van der Waals surface area contributed by atoms with E-state index in [2.05, 4.69) is 0 Å². The van der Waals surface area contributed by atoms with Gasteiger partial charge in [-0.1, -0.05) is 7.43 Å². The van der Waals surface area contributed by atoms with Gasteiger partial charge in [-0.2, -0.15) is 0 Å². The van der Waals surface area contributed by atoms with E-state index in [9.17, 15) is 0 Å². The zero-order chi connectivity index (χ0) is 0. The molecule has 0 N–H and O–H groups in total. The van der Waals surface area contributed by atoms with E-state index >= 15 is 0 Å². The van der Waals surface area contributed by atoms with Crippen LogP contribution in [0.3, 0.4) is 0 Å². The van der Waals surface area contributed by atoms with Crippen LogP contribution in [-0.2, 0) is 105 Å². The van der Waals surface area contributed by atoms with Crippen LogP contribution < -0.4 is 0 Å². The molecule has 0 aromatic heterocycles. The first-order chi connectivity index (χ1) is 0. The van der Waals surface area contributed by atoms with Crippen LogP contribution in [0.15, 0.2) is 0 Å². The van der Waals surface area contributed by atoms with Gasteiger partial charge < -0.3 is 0 Å². The number of hydrogen-bond acceptors (Lipinski definition) is 0. The molecule has 0 aromatic carbocycles. The van der Waals surface area contributed by atoms with Gasteiger partial charge in [0, 0.05) is 105 Å². The molecule has 0 aromatic rings. The minimum absolute atomic E-state index is 0. The molecule has 0 fully saturated rings. The number of hydrogen-bond donors (Lipinski definition) is 0. The first kappa shape index (κ1) is 56.8. The van der Waals surface area contributed by atoms with Gasteiger partial charge in [0.15, 0.2) is 0 Å². The molecule has 0 nitrogen and oxygen atoms in total. The van der Waals surface area contributed by atoms with E-state index in [4.69, 9.17) is 0 Å². The van der Waals surface area contributed by atoms with Gasteiger partial charge in [0.25, 0.3) is 0 Å². The van der Waals surface area contributed by atoms with Crippen molar-refractivity contribution in [3.8, 4) is 0 Å². The van der Waals surface area contributed by atoms with Gasteiger partial charge in [-0.3, -0.25) is 0 Å². The zero-order valence-corrected chi connectivity index (χ0v) is 16.7.